The summed E-state index contributed by atoms with van der Waals surface area (Å²) in [7, 11) is 0. The summed E-state index contributed by atoms with van der Waals surface area (Å²) >= 11 is 1.54. The minimum atomic E-state index is -4.37. The standard InChI is InChI=1S/C16H14F3N3S/c1-3-13-21-14(12-7-9(2)23-15(12)22-13)20-11-6-4-5-10(8-11)16(17,18)19/h4-8H,3H2,1-2H3,(H,20,21,22). The van der Waals surface area contributed by atoms with E-state index in [1.807, 2.05) is 19.9 Å². The lowest BCUT2D eigenvalue weighted by atomic mass is 10.2. The third-order valence-electron chi connectivity index (χ3n) is 3.33. The number of hydrogen-bond donors (Lipinski definition) is 1. The van der Waals surface area contributed by atoms with Gasteiger partial charge in [0.2, 0.25) is 0 Å². The molecule has 2 aromatic heterocycles. The first-order valence-electron chi connectivity index (χ1n) is 7.08. The molecule has 0 saturated heterocycles. The van der Waals surface area contributed by atoms with Crippen LogP contribution in [0.3, 0.4) is 0 Å². The molecule has 1 aromatic carbocycles. The number of nitrogens with zero attached hydrogens (tertiary/aromatic N) is 2. The molecule has 0 atom stereocenters. The zero-order valence-corrected chi connectivity index (χ0v) is 13.3. The van der Waals surface area contributed by atoms with Gasteiger partial charge in [0.1, 0.15) is 16.5 Å². The highest BCUT2D eigenvalue weighted by Gasteiger charge is 2.30. The van der Waals surface area contributed by atoms with Gasteiger partial charge < -0.3 is 5.32 Å². The highest BCUT2D eigenvalue weighted by atomic mass is 32.1. The highest BCUT2D eigenvalue weighted by molar-refractivity contribution is 7.18. The number of aryl methyl sites for hydroxylation is 2. The second kappa shape index (κ2) is 5.81. The fourth-order valence-corrected chi connectivity index (χ4v) is 3.15. The van der Waals surface area contributed by atoms with E-state index >= 15 is 0 Å². The molecule has 3 aromatic rings. The van der Waals surface area contributed by atoms with E-state index in [9.17, 15) is 13.2 Å². The van der Waals surface area contributed by atoms with Crippen LogP contribution in [0, 0.1) is 6.92 Å². The number of rotatable bonds is 3. The van der Waals surface area contributed by atoms with E-state index < -0.39 is 11.7 Å². The first-order valence-corrected chi connectivity index (χ1v) is 7.90. The summed E-state index contributed by atoms with van der Waals surface area (Å²) in [4.78, 5) is 10.8. The first kappa shape index (κ1) is 15.7. The van der Waals surface area contributed by atoms with Crippen LogP contribution in [-0.4, -0.2) is 9.97 Å². The van der Waals surface area contributed by atoms with E-state index in [1.54, 1.807) is 17.4 Å². The van der Waals surface area contributed by atoms with Crippen LogP contribution in [0.15, 0.2) is 30.3 Å². The first-order chi connectivity index (χ1) is 10.9. The van der Waals surface area contributed by atoms with Crippen molar-refractivity contribution in [3.05, 3.63) is 46.6 Å². The molecule has 0 aliphatic heterocycles. The number of thiophene rings is 1. The number of hydrogen-bond acceptors (Lipinski definition) is 4. The summed E-state index contributed by atoms with van der Waals surface area (Å²) in [5.74, 6) is 1.20. The van der Waals surface area contributed by atoms with E-state index in [0.29, 0.717) is 23.8 Å². The van der Waals surface area contributed by atoms with Crippen LogP contribution in [0.5, 0.6) is 0 Å². The zero-order chi connectivity index (χ0) is 16.6. The number of alkyl halides is 3. The van der Waals surface area contributed by atoms with Crippen LogP contribution < -0.4 is 5.32 Å². The Kier molecular flexibility index (Phi) is 3.97. The van der Waals surface area contributed by atoms with Crippen molar-refractivity contribution >= 4 is 33.1 Å². The summed E-state index contributed by atoms with van der Waals surface area (Å²) < 4.78 is 38.5. The predicted molar refractivity (Wildman–Crippen MR) is 86.3 cm³/mol. The molecule has 3 rings (SSSR count). The average Bonchev–Trinajstić information content (AvgIpc) is 2.87. The normalized spacial score (nSPS) is 11.9. The van der Waals surface area contributed by atoms with E-state index in [1.165, 1.54) is 6.07 Å². The number of halogens is 3. The molecule has 0 amide bonds. The summed E-state index contributed by atoms with van der Waals surface area (Å²) in [6, 6.07) is 7.04. The van der Waals surface area contributed by atoms with Crippen LogP contribution in [0.2, 0.25) is 0 Å². The number of anilines is 2. The molecule has 0 aliphatic rings. The van der Waals surface area contributed by atoms with Gasteiger partial charge in [-0.2, -0.15) is 13.2 Å². The number of benzene rings is 1. The Hall–Kier alpha value is -2.15. The van der Waals surface area contributed by atoms with Crippen molar-refractivity contribution in [2.24, 2.45) is 0 Å². The van der Waals surface area contributed by atoms with Gasteiger partial charge in [-0.25, -0.2) is 9.97 Å². The average molecular weight is 337 g/mol. The second-order valence-electron chi connectivity index (χ2n) is 5.12. The number of aromatic nitrogens is 2. The van der Waals surface area contributed by atoms with Crippen molar-refractivity contribution in [2.75, 3.05) is 5.32 Å². The molecular formula is C16H14F3N3S. The lowest BCUT2D eigenvalue weighted by molar-refractivity contribution is -0.137. The molecule has 0 saturated carbocycles. The predicted octanol–water partition coefficient (Wildman–Crippen LogP) is 5.32. The van der Waals surface area contributed by atoms with Gasteiger partial charge in [0.25, 0.3) is 0 Å². The molecule has 1 N–H and O–H groups in total. The fourth-order valence-electron chi connectivity index (χ4n) is 2.25. The third-order valence-corrected chi connectivity index (χ3v) is 4.28. The SMILES string of the molecule is CCc1nc(Nc2cccc(C(F)(F)F)c2)c2cc(C)sc2n1. The topological polar surface area (TPSA) is 37.8 Å². The molecule has 120 valence electrons. The van der Waals surface area contributed by atoms with Crippen molar-refractivity contribution in [3.8, 4) is 0 Å². The maximum absolute atomic E-state index is 12.8. The summed E-state index contributed by atoms with van der Waals surface area (Å²) in [6.45, 7) is 3.90. The molecule has 0 fully saturated rings. The number of nitrogens with one attached hydrogen (secondary N) is 1. The van der Waals surface area contributed by atoms with Gasteiger partial charge in [0.15, 0.2) is 0 Å². The van der Waals surface area contributed by atoms with E-state index in [2.05, 4.69) is 15.3 Å². The molecule has 0 spiro atoms. The maximum Gasteiger partial charge on any atom is 0.416 e. The zero-order valence-electron chi connectivity index (χ0n) is 12.5. The van der Waals surface area contributed by atoms with Gasteiger partial charge >= 0.3 is 6.18 Å². The van der Waals surface area contributed by atoms with Crippen LogP contribution in [0.25, 0.3) is 10.2 Å². The Morgan fingerprint density at radius 2 is 1.96 bits per heavy atom. The van der Waals surface area contributed by atoms with E-state index in [-0.39, 0.29) is 0 Å². The lowest BCUT2D eigenvalue weighted by Crippen LogP contribution is -2.06. The lowest BCUT2D eigenvalue weighted by Gasteiger charge is -2.11. The van der Waals surface area contributed by atoms with Gasteiger partial charge in [-0.3, -0.25) is 0 Å². The largest absolute Gasteiger partial charge is 0.416 e. The quantitative estimate of drug-likeness (QED) is 0.702. The fraction of sp³-hybridized carbons (Fsp3) is 0.250. The van der Waals surface area contributed by atoms with Crippen LogP contribution >= 0.6 is 11.3 Å². The van der Waals surface area contributed by atoms with Gasteiger partial charge in [-0.1, -0.05) is 13.0 Å². The summed E-state index contributed by atoms with van der Waals surface area (Å²) in [5, 5.41) is 3.82. The molecule has 0 aliphatic carbocycles. The smallest absolute Gasteiger partial charge is 0.340 e. The van der Waals surface area contributed by atoms with Crippen molar-refractivity contribution < 1.29 is 13.2 Å². The van der Waals surface area contributed by atoms with Gasteiger partial charge in [-0.15, -0.1) is 11.3 Å². The molecular weight excluding hydrogens is 323 g/mol. The highest BCUT2D eigenvalue weighted by Crippen LogP contribution is 2.33. The van der Waals surface area contributed by atoms with Crippen molar-refractivity contribution in [3.63, 3.8) is 0 Å². The summed E-state index contributed by atoms with van der Waals surface area (Å²) in [6.07, 6.45) is -3.71. The molecule has 3 nitrogen and oxygen atoms in total. The Balaban J connectivity index is 2.04. The molecule has 2 heterocycles. The third kappa shape index (κ3) is 3.29. The van der Waals surface area contributed by atoms with Crippen molar-refractivity contribution in [1.82, 2.24) is 9.97 Å². The van der Waals surface area contributed by atoms with Gasteiger partial charge in [0.05, 0.1) is 10.9 Å². The van der Waals surface area contributed by atoms with E-state index in [0.717, 1.165) is 27.2 Å². The molecule has 0 unspecified atom stereocenters. The van der Waals surface area contributed by atoms with Crippen molar-refractivity contribution in [1.29, 1.82) is 0 Å². The van der Waals surface area contributed by atoms with E-state index in [4.69, 9.17) is 0 Å². The minimum absolute atomic E-state index is 0.353. The van der Waals surface area contributed by atoms with Crippen LogP contribution in [0.1, 0.15) is 23.2 Å². The molecule has 0 bridgehead atoms. The Morgan fingerprint density at radius 3 is 2.65 bits per heavy atom. The maximum atomic E-state index is 12.8. The van der Waals surface area contributed by atoms with Crippen molar-refractivity contribution in [2.45, 2.75) is 26.4 Å². The second-order valence-corrected chi connectivity index (χ2v) is 6.36. The Morgan fingerprint density at radius 1 is 1.17 bits per heavy atom. The Bertz CT molecular complexity index is 855. The van der Waals surface area contributed by atoms with Gasteiger partial charge in [0, 0.05) is 17.0 Å². The van der Waals surface area contributed by atoms with Crippen LogP contribution in [0.4, 0.5) is 24.7 Å². The van der Waals surface area contributed by atoms with Gasteiger partial charge in [-0.05, 0) is 31.2 Å². The Labute approximate surface area is 135 Å². The monoisotopic (exact) mass is 337 g/mol. The number of fused-ring (bicyclic) bond motifs is 1. The molecule has 7 heteroatoms. The minimum Gasteiger partial charge on any atom is -0.340 e. The molecule has 0 radical (unpaired) electrons. The summed E-state index contributed by atoms with van der Waals surface area (Å²) in [5.41, 5.74) is -0.337. The van der Waals surface area contributed by atoms with Crippen LogP contribution in [-0.2, 0) is 12.6 Å². The molecule has 23 heavy (non-hydrogen) atoms.